The number of nitrogens with zero attached hydrogens (tertiary/aromatic N) is 3. The van der Waals surface area contributed by atoms with Gasteiger partial charge in [-0.3, -0.25) is 15.2 Å². The molecule has 0 radical (unpaired) electrons. The first-order chi connectivity index (χ1) is 11.1. The van der Waals surface area contributed by atoms with Crippen molar-refractivity contribution in [1.29, 1.82) is 0 Å². The topological polar surface area (TPSA) is 93.9 Å². The average molecular weight is 310 g/mol. The van der Waals surface area contributed by atoms with Crippen LogP contribution in [0.2, 0.25) is 0 Å². The molecular weight excluding hydrogens is 296 g/mol. The Labute approximate surface area is 132 Å². The summed E-state index contributed by atoms with van der Waals surface area (Å²) in [4.78, 5) is 14.5. The molecule has 2 aromatic carbocycles. The van der Waals surface area contributed by atoms with Crippen LogP contribution in [0.4, 0.5) is 5.69 Å². The smallest absolute Gasteiger partial charge is 0.269 e. The Kier molecular flexibility index (Phi) is 4.01. The number of H-pyrrole nitrogens is 1. The van der Waals surface area contributed by atoms with Crippen LogP contribution in [0.15, 0.2) is 48.5 Å². The minimum absolute atomic E-state index is 0.0346. The van der Waals surface area contributed by atoms with Crippen molar-refractivity contribution < 1.29 is 9.66 Å². The molecule has 0 amide bonds. The highest BCUT2D eigenvalue weighted by Gasteiger charge is 2.10. The predicted octanol–water partition coefficient (Wildman–Crippen LogP) is 3.27. The fourth-order valence-corrected chi connectivity index (χ4v) is 2.09. The molecule has 23 heavy (non-hydrogen) atoms. The first kappa shape index (κ1) is 14.7. The molecule has 0 spiro atoms. The molecule has 7 heteroatoms. The number of benzene rings is 2. The summed E-state index contributed by atoms with van der Waals surface area (Å²) in [6.45, 7) is 2.24. The van der Waals surface area contributed by atoms with E-state index in [0.717, 1.165) is 11.3 Å². The second-order valence-corrected chi connectivity index (χ2v) is 4.96. The maximum atomic E-state index is 10.7. The van der Waals surface area contributed by atoms with Gasteiger partial charge in [-0.2, -0.15) is 5.10 Å². The minimum Gasteiger partial charge on any atom is -0.485 e. The highest BCUT2D eigenvalue weighted by molar-refractivity contribution is 5.56. The molecule has 1 aromatic heterocycles. The number of aromatic nitrogens is 3. The van der Waals surface area contributed by atoms with Gasteiger partial charge in [-0.25, -0.2) is 4.98 Å². The number of aromatic amines is 1. The zero-order valence-corrected chi connectivity index (χ0v) is 12.4. The van der Waals surface area contributed by atoms with Crippen LogP contribution >= 0.6 is 0 Å². The van der Waals surface area contributed by atoms with Gasteiger partial charge in [0.1, 0.15) is 12.4 Å². The molecule has 7 nitrogen and oxygen atoms in total. The molecule has 116 valence electrons. The van der Waals surface area contributed by atoms with E-state index in [1.807, 2.05) is 31.2 Å². The second kappa shape index (κ2) is 6.27. The summed E-state index contributed by atoms with van der Waals surface area (Å²) in [5, 5.41) is 17.6. The molecule has 1 heterocycles. The SMILES string of the molecule is Cc1ccccc1OCc1nc(-c2ccc([N+](=O)[O-])cc2)n[nH]1. The summed E-state index contributed by atoms with van der Waals surface area (Å²) in [7, 11) is 0. The van der Waals surface area contributed by atoms with Crippen LogP contribution in [0.1, 0.15) is 11.4 Å². The molecule has 3 aromatic rings. The number of rotatable bonds is 5. The lowest BCUT2D eigenvalue weighted by Crippen LogP contribution is -1.98. The lowest BCUT2D eigenvalue weighted by Gasteiger charge is -2.06. The van der Waals surface area contributed by atoms with E-state index in [0.29, 0.717) is 17.2 Å². The van der Waals surface area contributed by atoms with Gasteiger partial charge in [0.05, 0.1) is 4.92 Å². The summed E-state index contributed by atoms with van der Waals surface area (Å²) < 4.78 is 5.70. The van der Waals surface area contributed by atoms with Crippen LogP contribution in [0.3, 0.4) is 0 Å². The van der Waals surface area contributed by atoms with Gasteiger partial charge in [-0.05, 0) is 30.7 Å². The van der Waals surface area contributed by atoms with Gasteiger partial charge in [0.2, 0.25) is 0 Å². The zero-order chi connectivity index (χ0) is 16.2. The van der Waals surface area contributed by atoms with Crippen molar-refractivity contribution in [2.45, 2.75) is 13.5 Å². The lowest BCUT2D eigenvalue weighted by atomic mass is 10.2. The van der Waals surface area contributed by atoms with E-state index in [4.69, 9.17) is 4.74 Å². The van der Waals surface area contributed by atoms with Crippen LogP contribution in [0, 0.1) is 17.0 Å². The Morgan fingerprint density at radius 3 is 2.61 bits per heavy atom. The maximum Gasteiger partial charge on any atom is 0.269 e. The first-order valence-electron chi connectivity index (χ1n) is 6.98. The van der Waals surface area contributed by atoms with Crippen molar-refractivity contribution >= 4 is 5.69 Å². The van der Waals surface area contributed by atoms with Gasteiger partial charge in [0.15, 0.2) is 11.6 Å². The molecule has 0 saturated carbocycles. The monoisotopic (exact) mass is 310 g/mol. The quantitative estimate of drug-likeness (QED) is 0.576. The number of hydrogen-bond donors (Lipinski definition) is 1. The Morgan fingerprint density at radius 2 is 1.91 bits per heavy atom. The highest BCUT2D eigenvalue weighted by atomic mass is 16.6. The molecule has 0 aliphatic rings. The van der Waals surface area contributed by atoms with Gasteiger partial charge in [0, 0.05) is 17.7 Å². The summed E-state index contributed by atoms with van der Waals surface area (Å²) in [5.41, 5.74) is 1.78. The molecule has 0 fully saturated rings. The van der Waals surface area contributed by atoms with Crippen LogP contribution in [-0.2, 0) is 6.61 Å². The van der Waals surface area contributed by atoms with Crippen LogP contribution in [0.5, 0.6) is 5.75 Å². The molecular formula is C16H14N4O3. The number of nitro groups is 1. The normalized spacial score (nSPS) is 10.5. The molecule has 0 atom stereocenters. The number of nitro benzene ring substituents is 1. The van der Waals surface area contributed by atoms with Gasteiger partial charge in [-0.1, -0.05) is 18.2 Å². The number of para-hydroxylation sites is 1. The van der Waals surface area contributed by atoms with Gasteiger partial charge < -0.3 is 4.74 Å². The first-order valence-corrected chi connectivity index (χ1v) is 6.98. The third kappa shape index (κ3) is 3.34. The molecule has 0 aliphatic heterocycles. The van der Waals surface area contributed by atoms with Crippen molar-refractivity contribution in [1.82, 2.24) is 15.2 Å². The van der Waals surface area contributed by atoms with Crippen molar-refractivity contribution in [2.75, 3.05) is 0 Å². The Morgan fingerprint density at radius 1 is 1.17 bits per heavy atom. The van der Waals surface area contributed by atoms with Crippen LogP contribution in [0.25, 0.3) is 11.4 Å². The van der Waals surface area contributed by atoms with Crippen molar-refractivity contribution in [3.63, 3.8) is 0 Å². The minimum atomic E-state index is -0.441. The van der Waals surface area contributed by atoms with Crippen LogP contribution in [-0.4, -0.2) is 20.1 Å². The van der Waals surface area contributed by atoms with E-state index in [-0.39, 0.29) is 12.3 Å². The van der Waals surface area contributed by atoms with E-state index in [9.17, 15) is 10.1 Å². The largest absolute Gasteiger partial charge is 0.485 e. The predicted molar refractivity (Wildman–Crippen MR) is 84.0 cm³/mol. The molecule has 0 bridgehead atoms. The fraction of sp³-hybridized carbons (Fsp3) is 0.125. The number of non-ortho nitro benzene ring substituents is 1. The number of hydrogen-bond acceptors (Lipinski definition) is 5. The van der Waals surface area contributed by atoms with Crippen LogP contribution < -0.4 is 4.74 Å². The van der Waals surface area contributed by atoms with Gasteiger partial charge in [0.25, 0.3) is 5.69 Å². The third-order valence-electron chi connectivity index (χ3n) is 3.33. The average Bonchev–Trinajstić information content (AvgIpc) is 3.03. The number of ether oxygens (including phenoxy) is 1. The van der Waals surface area contributed by atoms with E-state index in [1.54, 1.807) is 12.1 Å². The van der Waals surface area contributed by atoms with Crippen molar-refractivity contribution in [3.8, 4) is 17.1 Å². The van der Waals surface area contributed by atoms with E-state index >= 15 is 0 Å². The molecule has 1 N–H and O–H groups in total. The van der Waals surface area contributed by atoms with E-state index < -0.39 is 4.92 Å². The van der Waals surface area contributed by atoms with Crippen molar-refractivity contribution in [2.24, 2.45) is 0 Å². The summed E-state index contributed by atoms with van der Waals surface area (Å²) in [6, 6.07) is 13.8. The molecule has 0 saturated heterocycles. The summed E-state index contributed by atoms with van der Waals surface area (Å²) in [6.07, 6.45) is 0. The zero-order valence-electron chi connectivity index (χ0n) is 12.4. The molecule has 0 aliphatic carbocycles. The summed E-state index contributed by atoms with van der Waals surface area (Å²) >= 11 is 0. The number of aryl methyl sites for hydroxylation is 1. The maximum absolute atomic E-state index is 10.7. The molecule has 0 unspecified atom stereocenters. The Balaban J connectivity index is 1.70. The summed E-state index contributed by atoms with van der Waals surface area (Å²) in [5.74, 6) is 1.85. The Hall–Kier alpha value is -3.22. The van der Waals surface area contributed by atoms with Crippen molar-refractivity contribution in [3.05, 3.63) is 70.0 Å². The second-order valence-electron chi connectivity index (χ2n) is 4.96. The molecule has 3 rings (SSSR count). The third-order valence-corrected chi connectivity index (χ3v) is 3.33. The number of nitrogens with one attached hydrogen (secondary N) is 1. The standard InChI is InChI=1S/C16H14N4O3/c1-11-4-2-3-5-14(11)23-10-15-17-16(19-18-15)12-6-8-13(9-7-12)20(21)22/h2-9H,10H2,1H3,(H,17,18,19). The lowest BCUT2D eigenvalue weighted by molar-refractivity contribution is -0.384. The van der Waals surface area contributed by atoms with E-state index in [2.05, 4.69) is 15.2 Å². The highest BCUT2D eigenvalue weighted by Crippen LogP contribution is 2.20. The Bertz CT molecular complexity index is 827. The van der Waals surface area contributed by atoms with Gasteiger partial charge in [-0.15, -0.1) is 0 Å². The van der Waals surface area contributed by atoms with Gasteiger partial charge >= 0.3 is 0 Å². The van der Waals surface area contributed by atoms with E-state index in [1.165, 1.54) is 12.1 Å². The fourth-order valence-electron chi connectivity index (χ4n) is 2.09.